The molecule has 1 aromatic heterocycles. The average molecular weight is 182 g/mol. The lowest BCUT2D eigenvalue weighted by Gasteiger charge is -2.31. The summed E-state index contributed by atoms with van der Waals surface area (Å²) in [5.74, 6) is 0.121. The SMILES string of the molecule is NC1CC(Oc2ccc(F)cn2)C1. The lowest BCUT2D eigenvalue weighted by molar-refractivity contribution is 0.0957. The van der Waals surface area contributed by atoms with Crippen LogP contribution in [0.1, 0.15) is 12.8 Å². The van der Waals surface area contributed by atoms with Gasteiger partial charge in [0.05, 0.1) is 6.20 Å². The molecule has 0 bridgehead atoms. The standard InChI is InChI=1S/C9H11FN2O/c10-6-1-2-9(12-5-6)13-8-3-7(11)4-8/h1-2,5,7-8H,3-4,11H2. The van der Waals surface area contributed by atoms with Crippen molar-refractivity contribution in [3.05, 3.63) is 24.1 Å². The van der Waals surface area contributed by atoms with E-state index in [1.165, 1.54) is 12.1 Å². The number of nitrogens with two attached hydrogens (primary N) is 1. The van der Waals surface area contributed by atoms with Crippen molar-refractivity contribution in [3.63, 3.8) is 0 Å². The molecule has 13 heavy (non-hydrogen) atoms. The van der Waals surface area contributed by atoms with E-state index in [2.05, 4.69) is 4.98 Å². The molecule has 0 aromatic carbocycles. The summed E-state index contributed by atoms with van der Waals surface area (Å²) in [6.07, 6.45) is 3.03. The third-order valence-corrected chi connectivity index (χ3v) is 2.12. The summed E-state index contributed by atoms with van der Waals surface area (Å²) in [6.45, 7) is 0. The number of hydrogen-bond acceptors (Lipinski definition) is 3. The Balaban J connectivity index is 1.91. The summed E-state index contributed by atoms with van der Waals surface area (Å²) in [5, 5.41) is 0. The van der Waals surface area contributed by atoms with Crippen molar-refractivity contribution in [1.82, 2.24) is 4.98 Å². The number of nitrogens with zero attached hydrogens (tertiary/aromatic N) is 1. The maximum Gasteiger partial charge on any atom is 0.213 e. The van der Waals surface area contributed by atoms with Crippen LogP contribution in [0.4, 0.5) is 4.39 Å². The largest absolute Gasteiger partial charge is 0.474 e. The number of rotatable bonds is 2. The van der Waals surface area contributed by atoms with Crippen molar-refractivity contribution in [2.75, 3.05) is 0 Å². The number of halogens is 1. The predicted octanol–water partition coefficient (Wildman–Crippen LogP) is 1.09. The van der Waals surface area contributed by atoms with Gasteiger partial charge in [0.15, 0.2) is 0 Å². The van der Waals surface area contributed by atoms with Crippen LogP contribution in [0.2, 0.25) is 0 Å². The number of pyridine rings is 1. The van der Waals surface area contributed by atoms with Gasteiger partial charge in [0, 0.05) is 12.1 Å². The minimum atomic E-state index is -0.349. The molecule has 2 rings (SSSR count). The van der Waals surface area contributed by atoms with E-state index in [-0.39, 0.29) is 18.0 Å². The van der Waals surface area contributed by atoms with Crippen LogP contribution in [0.25, 0.3) is 0 Å². The highest BCUT2D eigenvalue weighted by Gasteiger charge is 2.27. The zero-order chi connectivity index (χ0) is 9.26. The van der Waals surface area contributed by atoms with Gasteiger partial charge < -0.3 is 10.5 Å². The van der Waals surface area contributed by atoms with E-state index < -0.39 is 0 Å². The number of ether oxygens (including phenoxy) is 1. The van der Waals surface area contributed by atoms with Crippen molar-refractivity contribution in [2.24, 2.45) is 5.73 Å². The Labute approximate surface area is 75.7 Å². The van der Waals surface area contributed by atoms with E-state index in [0.717, 1.165) is 19.0 Å². The molecule has 1 aliphatic carbocycles. The molecule has 1 fully saturated rings. The quantitative estimate of drug-likeness (QED) is 0.744. The summed E-state index contributed by atoms with van der Waals surface area (Å²) < 4.78 is 17.9. The first-order valence-electron chi connectivity index (χ1n) is 4.28. The molecule has 0 radical (unpaired) electrons. The van der Waals surface area contributed by atoms with E-state index >= 15 is 0 Å². The maximum absolute atomic E-state index is 12.4. The molecule has 2 N–H and O–H groups in total. The van der Waals surface area contributed by atoms with E-state index in [0.29, 0.717) is 5.88 Å². The first-order chi connectivity index (χ1) is 6.24. The van der Waals surface area contributed by atoms with Gasteiger partial charge in [0.2, 0.25) is 5.88 Å². The predicted molar refractivity (Wildman–Crippen MR) is 45.8 cm³/mol. The molecule has 1 aromatic rings. The zero-order valence-electron chi connectivity index (χ0n) is 7.11. The van der Waals surface area contributed by atoms with Crippen molar-refractivity contribution in [1.29, 1.82) is 0 Å². The van der Waals surface area contributed by atoms with Crippen LogP contribution in [-0.2, 0) is 0 Å². The van der Waals surface area contributed by atoms with Crippen LogP contribution in [-0.4, -0.2) is 17.1 Å². The fraction of sp³-hybridized carbons (Fsp3) is 0.444. The minimum Gasteiger partial charge on any atom is -0.474 e. The Morgan fingerprint density at radius 2 is 2.23 bits per heavy atom. The molecule has 1 aliphatic rings. The van der Waals surface area contributed by atoms with Crippen LogP contribution in [0.5, 0.6) is 5.88 Å². The summed E-state index contributed by atoms with van der Waals surface area (Å²) >= 11 is 0. The molecule has 0 spiro atoms. The Morgan fingerprint density at radius 1 is 1.46 bits per heavy atom. The summed E-state index contributed by atoms with van der Waals surface area (Å²) in [7, 11) is 0. The number of hydrogen-bond donors (Lipinski definition) is 1. The fourth-order valence-electron chi connectivity index (χ4n) is 1.31. The zero-order valence-corrected chi connectivity index (χ0v) is 7.11. The summed E-state index contributed by atoms with van der Waals surface area (Å²) in [5.41, 5.74) is 5.59. The van der Waals surface area contributed by atoms with Gasteiger partial charge in [-0.3, -0.25) is 0 Å². The van der Waals surface area contributed by atoms with Gasteiger partial charge >= 0.3 is 0 Å². The van der Waals surface area contributed by atoms with E-state index in [4.69, 9.17) is 10.5 Å². The molecule has 0 aliphatic heterocycles. The Hall–Kier alpha value is -1.16. The lowest BCUT2D eigenvalue weighted by atomic mass is 9.90. The van der Waals surface area contributed by atoms with Crippen LogP contribution in [0, 0.1) is 5.82 Å². The maximum atomic E-state index is 12.4. The fourth-order valence-corrected chi connectivity index (χ4v) is 1.31. The van der Waals surface area contributed by atoms with Crippen LogP contribution < -0.4 is 10.5 Å². The Morgan fingerprint density at radius 3 is 2.77 bits per heavy atom. The molecule has 0 unspecified atom stereocenters. The van der Waals surface area contributed by atoms with Gasteiger partial charge in [-0.1, -0.05) is 0 Å². The normalized spacial score (nSPS) is 26.6. The molecule has 0 amide bonds. The molecule has 1 saturated carbocycles. The van der Waals surface area contributed by atoms with Crippen LogP contribution in [0.15, 0.2) is 18.3 Å². The van der Waals surface area contributed by atoms with Gasteiger partial charge in [0.1, 0.15) is 11.9 Å². The Kier molecular flexibility index (Phi) is 2.14. The first kappa shape index (κ1) is 8.44. The molecule has 3 nitrogen and oxygen atoms in total. The van der Waals surface area contributed by atoms with Crippen molar-refractivity contribution >= 4 is 0 Å². The second-order valence-corrected chi connectivity index (χ2v) is 3.29. The highest BCUT2D eigenvalue weighted by atomic mass is 19.1. The van der Waals surface area contributed by atoms with Crippen molar-refractivity contribution in [2.45, 2.75) is 25.0 Å². The molecule has 0 saturated heterocycles. The van der Waals surface area contributed by atoms with Gasteiger partial charge in [-0.15, -0.1) is 0 Å². The van der Waals surface area contributed by atoms with Gasteiger partial charge in [-0.2, -0.15) is 0 Å². The Bertz CT molecular complexity index is 282. The molecule has 4 heteroatoms. The highest BCUT2D eigenvalue weighted by molar-refractivity contribution is 5.11. The van der Waals surface area contributed by atoms with Gasteiger partial charge in [-0.25, -0.2) is 9.37 Å². The van der Waals surface area contributed by atoms with Gasteiger partial charge in [-0.05, 0) is 18.9 Å². The first-order valence-corrected chi connectivity index (χ1v) is 4.28. The molecule has 70 valence electrons. The van der Waals surface area contributed by atoms with E-state index in [1.807, 2.05) is 0 Å². The molecular weight excluding hydrogens is 171 g/mol. The summed E-state index contributed by atoms with van der Waals surface area (Å²) in [6, 6.07) is 3.12. The molecule has 0 atom stereocenters. The molecule has 1 heterocycles. The highest BCUT2D eigenvalue weighted by Crippen LogP contribution is 2.22. The third-order valence-electron chi connectivity index (χ3n) is 2.12. The summed E-state index contributed by atoms with van der Waals surface area (Å²) in [4.78, 5) is 3.79. The van der Waals surface area contributed by atoms with Crippen LogP contribution in [0.3, 0.4) is 0 Å². The molecular formula is C9H11FN2O. The van der Waals surface area contributed by atoms with E-state index in [1.54, 1.807) is 0 Å². The topological polar surface area (TPSA) is 48.1 Å². The average Bonchev–Trinajstić information content (AvgIpc) is 2.06. The van der Waals surface area contributed by atoms with E-state index in [9.17, 15) is 4.39 Å². The monoisotopic (exact) mass is 182 g/mol. The third kappa shape index (κ3) is 1.95. The lowest BCUT2D eigenvalue weighted by Crippen LogP contribution is -2.43. The number of aromatic nitrogens is 1. The van der Waals surface area contributed by atoms with Crippen molar-refractivity contribution in [3.8, 4) is 5.88 Å². The smallest absolute Gasteiger partial charge is 0.213 e. The minimum absolute atomic E-state index is 0.160. The van der Waals surface area contributed by atoms with Crippen LogP contribution >= 0.6 is 0 Å². The second-order valence-electron chi connectivity index (χ2n) is 3.29. The van der Waals surface area contributed by atoms with Gasteiger partial charge in [0.25, 0.3) is 0 Å². The second kappa shape index (κ2) is 3.30. The van der Waals surface area contributed by atoms with Crippen molar-refractivity contribution < 1.29 is 9.13 Å².